The van der Waals surface area contributed by atoms with Gasteiger partial charge in [0.2, 0.25) is 0 Å². The fraction of sp³-hybridized carbons (Fsp3) is 0. The number of ketones is 1. The van der Waals surface area contributed by atoms with E-state index in [1.807, 2.05) is 0 Å². The highest BCUT2D eigenvalue weighted by atomic mass is 19.1. The first-order chi connectivity index (χ1) is 9.06. The summed E-state index contributed by atoms with van der Waals surface area (Å²) in [7, 11) is 0. The fourth-order valence-corrected chi connectivity index (χ4v) is 2.14. The van der Waals surface area contributed by atoms with E-state index < -0.39 is 23.3 Å². The quantitative estimate of drug-likeness (QED) is 0.800. The zero-order chi connectivity index (χ0) is 13.6. The van der Waals surface area contributed by atoms with Gasteiger partial charge in [0, 0.05) is 6.07 Å². The van der Waals surface area contributed by atoms with E-state index in [4.69, 9.17) is 0 Å². The van der Waals surface area contributed by atoms with Crippen LogP contribution in [0.1, 0.15) is 10.4 Å². The van der Waals surface area contributed by atoms with Crippen LogP contribution in [0.4, 0.5) is 14.5 Å². The highest BCUT2D eigenvalue weighted by Gasteiger charge is 2.30. The van der Waals surface area contributed by atoms with Crippen molar-refractivity contribution in [2.75, 3.05) is 5.32 Å². The zero-order valence-electron chi connectivity index (χ0n) is 9.54. The van der Waals surface area contributed by atoms with E-state index in [0.717, 1.165) is 18.2 Å². The van der Waals surface area contributed by atoms with Crippen molar-refractivity contribution in [1.29, 1.82) is 0 Å². The standard InChI is InChI=1S/C14H7F2NO2/c15-8-4-7(5-9(16)6-8)10-2-1-3-11-12(10)13(18)14(19)17-11/h1-6H,(H,17,18,19). The first kappa shape index (κ1) is 11.5. The molecule has 0 spiro atoms. The molecule has 2 aromatic carbocycles. The lowest BCUT2D eigenvalue weighted by molar-refractivity contribution is -0.112. The van der Waals surface area contributed by atoms with E-state index >= 15 is 0 Å². The maximum atomic E-state index is 13.2. The number of anilines is 1. The molecule has 3 nitrogen and oxygen atoms in total. The second-order valence-electron chi connectivity index (χ2n) is 4.17. The summed E-state index contributed by atoms with van der Waals surface area (Å²) in [5.41, 5.74) is 1.06. The molecule has 0 fully saturated rings. The van der Waals surface area contributed by atoms with Crippen LogP contribution < -0.4 is 5.32 Å². The summed E-state index contributed by atoms with van der Waals surface area (Å²) in [5.74, 6) is -2.91. The van der Waals surface area contributed by atoms with Crippen molar-refractivity contribution in [1.82, 2.24) is 0 Å². The Kier molecular flexibility index (Phi) is 2.41. The lowest BCUT2D eigenvalue weighted by Gasteiger charge is -2.06. The number of carbonyl (C=O) groups is 2. The summed E-state index contributed by atoms with van der Waals surface area (Å²) < 4.78 is 26.5. The van der Waals surface area contributed by atoms with Gasteiger partial charge in [0.25, 0.3) is 11.7 Å². The molecule has 0 unspecified atom stereocenters. The predicted molar refractivity (Wildman–Crippen MR) is 64.8 cm³/mol. The van der Waals surface area contributed by atoms with Crippen LogP contribution in [-0.4, -0.2) is 11.7 Å². The lowest BCUT2D eigenvalue weighted by Crippen LogP contribution is -2.12. The molecular weight excluding hydrogens is 252 g/mol. The van der Waals surface area contributed by atoms with Gasteiger partial charge in [0.15, 0.2) is 0 Å². The summed E-state index contributed by atoms with van der Waals surface area (Å²) in [6.45, 7) is 0. The normalized spacial score (nSPS) is 13.4. The molecule has 1 aliphatic heterocycles. The third-order valence-corrected chi connectivity index (χ3v) is 2.92. The molecule has 1 amide bonds. The van der Waals surface area contributed by atoms with Crippen LogP contribution in [0.15, 0.2) is 36.4 Å². The minimum atomic E-state index is -0.739. The van der Waals surface area contributed by atoms with E-state index in [1.54, 1.807) is 18.2 Å². The van der Waals surface area contributed by atoms with Crippen molar-refractivity contribution in [2.45, 2.75) is 0 Å². The topological polar surface area (TPSA) is 46.2 Å². The van der Waals surface area contributed by atoms with Crippen LogP contribution >= 0.6 is 0 Å². The van der Waals surface area contributed by atoms with Crippen LogP contribution in [0, 0.1) is 11.6 Å². The van der Waals surface area contributed by atoms with Crippen LogP contribution in [0.25, 0.3) is 11.1 Å². The summed E-state index contributed by atoms with van der Waals surface area (Å²) in [5, 5.41) is 2.41. The molecule has 0 bridgehead atoms. The van der Waals surface area contributed by atoms with Crippen molar-refractivity contribution in [2.24, 2.45) is 0 Å². The Hall–Kier alpha value is -2.56. The zero-order valence-corrected chi connectivity index (χ0v) is 9.54. The van der Waals surface area contributed by atoms with Crippen LogP contribution in [0.3, 0.4) is 0 Å². The Labute approximate surface area is 106 Å². The minimum absolute atomic E-state index is 0.150. The van der Waals surface area contributed by atoms with E-state index in [2.05, 4.69) is 5.32 Å². The molecule has 1 N–H and O–H groups in total. The number of halogens is 2. The fourth-order valence-electron chi connectivity index (χ4n) is 2.14. The van der Waals surface area contributed by atoms with Crippen molar-refractivity contribution < 1.29 is 18.4 Å². The second kappa shape index (κ2) is 3.98. The molecule has 0 aliphatic carbocycles. The monoisotopic (exact) mass is 259 g/mol. The number of carbonyl (C=O) groups excluding carboxylic acids is 2. The van der Waals surface area contributed by atoms with Crippen LogP contribution in [-0.2, 0) is 4.79 Å². The highest BCUT2D eigenvalue weighted by Crippen LogP contribution is 2.33. The molecule has 0 aromatic heterocycles. The predicted octanol–water partition coefficient (Wildman–Crippen LogP) is 2.77. The number of rotatable bonds is 1. The Morgan fingerprint density at radius 2 is 1.63 bits per heavy atom. The molecule has 0 atom stereocenters. The average molecular weight is 259 g/mol. The number of amides is 1. The molecule has 19 heavy (non-hydrogen) atoms. The smallest absolute Gasteiger partial charge is 0.296 e. The summed E-state index contributed by atoms with van der Waals surface area (Å²) >= 11 is 0. The van der Waals surface area contributed by atoms with Crippen LogP contribution in [0.5, 0.6) is 0 Å². The SMILES string of the molecule is O=C1Nc2cccc(-c3cc(F)cc(F)c3)c2C1=O. The first-order valence-corrected chi connectivity index (χ1v) is 5.51. The molecule has 3 rings (SSSR count). The number of hydrogen-bond acceptors (Lipinski definition) is 2. The molecule has 0 saturated carbocycles. The van der Waals surface area contributed by atoms with Gasteiger partial charge in [-0.2, -0.15) is 0 Å². The molecule has 1 aliphatic rings. The van der Waals surface area contributed by atoms with E-state index in [0.29, 0.717) is 11.3 Å². The Balaban J connectivity index is 2.25. The number of fused-ring (bicyclic) bond motifs is 1. The minimum Gasteiger partial charge on any atom is -0.318 e. The van der Waals surface area contributed by atoms with E-state index in [9.17, 15) is 18.4 Å². The van der Waals surface area contributed by atoms with Gasteiger partial charge in [0.05, 0.1) is 11.3 Å². The Bertz CT molecular complexity index is 705. The molecule has 5 heteroatoms. The third-order valence-electron chi connectivity index (χ3n) is 2.92. The van der Waals surface area contributed by atoms with Crippen molar-refractivity contribution in [3.05, 3.63) is 53.6 Å². The first-order valence-electron chi connectivity index (χ1n) is 5.51. The molecule has 1 heterocycles. The van der Waals surface area contributed by atoms with Gasteiger partial charge in [-0.25, -0.2) is 8.78 Å². The lowest BCUT2D eigenvalue weighted by atomic mass is 9.97. The van der Waals surface area contributed by atoms with Gasteiger partial charge in [-0.1, -0.05) is 12.1 Å². The molecular formula is C14H7F2NO2. The maximum absolute atomic E-state index is 13.2. The third kappa shape index (κ3) is 1.79. The largest absolute Gasteiger partial charge is 0.318 e. The van der Waals surface area contributed by atoms with Gasteiger partial charge in [0.1, 0.15) is 11.6 Å². The van der Waals surface area contributed by atoms with Crippen LogP contribution in [0.2, 0.25) is 0 Å². The van der Waals surface area contributed by atoms with Gasteiger partial charge in [-0.05, 0) is 29.3 Å². The van der Waals surface area contributed by atoms with E-state index in [-0.39, 0.29) is 11.1 Å². The number of nitrogens with one attached hydrogen (secondary N) is 1. The second-order valence-corrected chi connectivity index (χ2v) is 4.17. The van der Waals surface area contributed by atoms with E-state index in [1.165, 1.54) is 0 Å². The molecule has 94 valence electrons. The van der Waals surface area contributed by atoms with Crippen molar-refractivity contribution >= 4 is 17.4 Å². The van der Waals surface area contributed by atoms with Gasteiger partial charge in [-0.3, -0.25) is 9.59 Å². The summed E-state index contributed by atoms with van der Waals surface area (Å²) in [6.07, 6.45) is 0. The Morgan fingerprint density at radius 1 is 0.947 bits per heavy atom. The molecule has 2 aromatic rings. The maximum Gasteiger partial charge on any atom is 0.296 e. The van der Waals surface area contributed by atoms with Gasteiger partial charge < -0.3 is 5.32 Å². The summed E-state index contributed by atoms with van der Waals surface area (Å²) in [6, 6.07) is 7.71. The average Bonchev–Trinajstić information content (AvgIpc) is 2.64. The van der Waals surface area contributed by atoms with Gasteiger partial charge in [-0.15, -0.1) is 0 Å². The highest BCUT2D eigenvalue weighted by molar-refractivity contribution is 6.52. The van der Waals surface area contributed by atoms with Crippen molar-refractivity contribution in [3.8, 4) is 11.1 Å². The van der Waals surface area contributed by atoms with Crippen molar-refractivity contribution in [3.63, 3.8) is 0 Å². The molecule has 0 saturated heterocycles. The molecule has 0 radical (unpaired) electrons. The number of benzene rings is 2. The van der Waals surface area contributed by atoms with Gasteiger partial charge >= 0.3 is 0 Å². The Morgan fingerprint density at radius 3 is 2.32 bits per heavy atom. The summed E-state index contributed by atoms with van der Waals surface area (Å²) in [4.78, 5) is 23.1. The number of hydrogen-bond donors (Lipinski definition) is 1. The number of Topliss-reactive ketones (excluding diaryl/α,β-unsaturated/α-hetero) is 1.